The van der Waals surface area contributed by atoms with Gasteiger partial charge in [-0.3, -0.25) is 0 Å². The minimum atomic E-state index is -0.597. The molecule has 0 amide bonds. The zero-order valence-electron chi connectivity index (χ0n) is 11.6. The summed E-state index contributed by atoms with van der Waals surface area (Å²) in [6.45, 7) is 2.67. The van der Waals surface area contributed by atoms with Crippen LogP contribution in [0.25, 0.3) is 0 Å². The van der Waals surface area contributed by atoms with Crippen molar-refractivity contribution in [2.75, 3.05) is 6.61 Å². The summed E-state index contributed by atoms with van der Waals surface area (Å²) in [7, 11) is 0. The van der Waals surface area contributed by atoms with Gasteiger partial charge in [-0.05, 0) is 46.1 Å². The van der Waals surface area contributed by atoms with Gasteiger partial charge in [-0.1, -0.05) is 36.7 Å². The molecule has 2 aromatic carbocycles. The Hall–Kier alpha value is -1.10. The molecule has 0 spiro atoms. The standard InChI is InChI=1S/C16H16BrClFNO/c1-2-8-21-11-5-3-4-10(9-11)16(20)12-6-7-13(17)14(18)15(12)19/h3-7,9,16H,2,8,20H2,1H3. The van der Waals surface area contributed by atoms with Crippen LogP contribution >= 0.6 is 27.5 Å². The summed E-state index contributed by atoms with van der Waals surface area (Å²) in [5.41, 5.74) is 7.30. The van der Waals surface area contributed by atoms with Crippen molar-refractivity contribution in [2.24, 2.45) is 5.73 Å². The Balaban J connectivity index is 2.31. The Morgan fingerprint density at radius 3 is 2.81 bits per heavy atom. The lowest BCUT2D eigenvalue weighted by atomic mass is 9.99. The maximum atomic E-state index is 14.2. The lowest BCUT2D eigenvalue weighted by Crippen LogP contribution is -2.14. The zero-order valence-corrected chi connectivity index (χ0v) is 13.9. The van der Waals surface area contributed by atoms with Gasteiger partial charge in [-0.25, -0.2) is 4.39 Å². The van der Waals surface area contributed by atoms with E-state index >= 15 is 0 Å². The number of halogens is 3. The van der Waals surface area contributed by atoms with Gasteiger partial charge in [-0.2, -0.15) is 0 Å². The molecule has 2 N–H and O–H groups in total. The quantitative estimate of drug-likeness (QED) is 0.743. The van der Waals surface area contributed by atoms with Crippen LogP contribution in [0.5, 0.6) is 5.75 Å². The van der Waals surface area contributed by atoms with E-state index in [1.807, 2.05) is 31.2 Å². The molecule has 5 heteroatoms. The smallest absolute Gasteiger partial charge is 0.148 e. The number of ether oxygens (including phenoxy) is 1. The summed E-state index contributed by atoms with van der Waals surface area (Å²) in [6, 6.07) is 10.1. The summed E-state index contributed by atoms with van der Waals surface area (Å²) in [5.74, 6) is 0.229. The predicted octanol–water partition coefficient (Wildman–Crippen LogP) is 5.08. The van der Waals surface area contributed by atoms with Crippen LogP contribution in [-0.2, 0) is 0 Å². The molecule has 0 aliphatic rings. The Morgan fingerprint density at radius 1 is 1.33 bits per heavy atom. The summed E-state index contributed by atoms with van der Waals surface area (Å²) >= 11 is 9.10. The number of hydrogen-bond acceptors (Lipinski definition) is 2. The molecule has 0 heterocycles. The Labute approximate surface area is 137 Å². The third-order valence-corrected chi connectivity index (χ3v) is 4.35. The highest BCUT2D eigenvalue weighted by Crippen LogP contribution is 2.32. The molecule has 21 heavy (non-hydrogen) atoms. The fraction of sp³-hybridized carbons (Fsp3) is 0.250. The molecule has 1 unspecified atom stereocenters. The van der Waals surface area contributed by atoms with Gasteiger partial charge < -0.3 is 10.5 Å². The van der Waals surface area contributed by atoms with Crippen molar-refractivity contribution in [3.63, 3.8) is 0 Å². The van der Waals surface area contributed by atoms with Crippen LogP contribution in [0.15, 0.2) is 40.9 Å². The van der Waals surface area contributed by atoms with E-state index in [4.69, 9.17) is 22.1 Å². The van der Waals surface area contributed by atoms with Crippen molar-refractivity contribution >= 4 is 27.5 Å². The van der Waals surface area contributed by atoms with E-state index in [9.17, 15) is 4.39 Å². The second-order valence-corrected chi connectivity index (χ2v) is 5.90. The first-order valence-electron chi connectivity index (χ1n) is 6.66. The molecule has 2 rings (SSSR count). The van der Waals surface area contributed by atoms with E-state index in [1.54, 1.807) is 12.1 Å². The first kappa shape index (κ1) is 16.3. The van der Waals surface area contributed by atoms with Crippen LogP contribution < -0.4 is 10.5 Å². The molecule has 112 valence electrons. The highest BCUT2D eigenvalue weighted by molar-refractivity contribution is 9.10. The van der Waals surface area contributed by atoms with E-state index in [1.165, 1.54) is 0 Å². The van der Waals surface area contributed by atoms with E-state index in [0.717, 1.165) is 17.7 Å². The SMILES string of the molecule is CCCOc1cccc(C(N)c2ccc(Br)c(Cl)c2F)c1. The monoisotopic (exact) mass is 371 g/mol. The van der Waals surface area contributed by atoms with Crippen LogP contribution in [0.4, 0.5) is 4.39 Å². The molecule has 2 nitrogen and oxygen atoms in total. The fourth-order valence-corrected chi connectivity index (χ4v) is 2.46. The first-order valence-corrected chi connectivity index (χ1v) is 7.83. The van der Waals surface area contributed by atoms with Crippen molar-refractivity contribution in [3.8, 4) is 5.75 Å². The van der Waals surface area contributed by atoms with E-state index in [-0.39, 0.29) is 5.02 Å². The highest BCUT2D eigenvalue weighted by atomic mass is 79.9. The molecule has 1 atom stereocenters. The molecule has 0 saturated carbocycles. The van der Waals surface area contributed by atoms with Gasteiger partial charge in [0.25, 0.3) is 0 Å². The number of hydrogen-bond donors (Lipinski definition) is 1. The number of nitrogens with two attached hydrogens (primary N) is 1. The average Bonchev–Trinajstić information content (AvgIpc) is 2.50. The van der Waals surface area contributed by atoms with Gasteiger partial charge >= 0.3 is 0 Å². The maximum absolute atomic E-state index is 14.2. The zero-order chi connectivity index (χ0) is 15.4. The van der Waals surface area contributed by atoms with E-state index < -0.39 is 11.9 Å². The average molecular weight is 373 g/mol. The molecule has 2 aromatic rings. The van der Waals surface area contributed by atoms with Crippen LogP contribution in [0.2, 0.25) is 5.02 Å². The summed E-state index contributed by atoms with van der Waals surface area (Å²) in [4.78, 5) is 0. The third-order valence-electron chi connectivity index (χ3n) is 3.09. The van der Waals surface area contributed by atoms with E-state index in [2.05, 4.69) is 15.9 Å². The van der Waals surface area contributed by atoms with Crippen molar-refractivity contribution in [1.29, 1.82) is 0 Å². The normalized spacial score (nSPS) is 12.2. The van der Waals surface area contributed by atoms with Crippen LogP contribution in [0.1, 0.15) is 30.5 Å². The lowest BCUT2D eigenvalue weighted by molar-refractivity contribution is 0.317. The molecule has 0 bridgehead atoms. The van der Waals surface area contributed by atoms with Crippen molar-refractivity contribution in [3.05, 3.63) is 62.8 Å². The van der Waals surface area contributed by atoms with Crippen LogP contribution in [-0.4, -0.2) is 6.61 Å². The Morgan fingerprint density at radius 2 is 2.10 bits per heavy atom. The molecule has 0 fully saturated rings. The maximum Gasteiger partial charge on any atom is 0.148 e. The van der Waals surface area contributed by atoms with Gasteiger partial charge in [0.05, 0.1) is 17.7 Å². The second kappa shape index (κ2) is 7.25. The van der Waals surface area contributed by atoms with Crippen molar-refractivity contribution in [1.82, 2.24) is 0 Å². The van der Waals surface area contributed by atoms with Crippen LogP contribution in [0.3, 0.4) is 0 Å². The van der Waals surface area contributed by atoms with Gasteiger partial charge in [0.15, 0.2) is 0 Å². The van der Waals surface area contributed by atoms with Crippen molar-refractivity contribution < 1.29 is 9.13 Å². The molecule has 0 aliphatic heterocycles. The minimum Gasteiger partial charge on any atom is -0.494 e. The molecule has 0 aliphatic carbocycles. The molecular weight excluding hydrogens is 357 g/mol. The molecule has 0 saturated heterocycles. The van der Waals surface area contributed by atoms with Crippen LogP contribution in [0, 0.1) is 5.82 Å². The Bertz CT molecular complexity index is 636. The molecular formula is C16H16BrClFNO. The Kier molecular flexibility index (Phi) is 5.62. The topological polar surface area (TPSA) is 35.2 Å². The van der Waals surface area contributed by atoms with E-state index in [0.29, 0.717) is 16.6 Å². The summed E-state index contributed by atoms with van der Waals surface area (Å²) in [6.07, 6.45) is 0.924. The largest absolute Gasteiger partial charge is 0.494 e. The predicted molar refractivity (Wildman–Crippen MR) is 87.4 cm³/mol. The first-order chi connectivity index (χ1) is 10.0. The van der Waals surface area contributed by atoms with Gasteiger partial charge in [0.2, 0.25) is 0 Å². The summed E-state index contributed by atoms with van der Waals surface area (Å²) in [5, 5.41) is 0.0429. The molecule has 0 aromatic heterocycles. The fourth-order valence-electron chi connectivity index (χ4n) is 1.98. The van der Waals surface area contributed by atoms with Crippen molar-refractivity contribution in [2.45, 2.75) is 19.4 Å². The third kappa shape index (κ3) is 3.76. The second-order valence-electron chi connectivity index (χ2n) is 4.66. The van der Waals surface area contributed by atoms with Gasteiger partial charge in [0.1, 0.15) is 11.6 Å². The van der Waals surface area contributed by atoms with Gasteiger partial charge in [0, 0.05) is 10.0 Å². The van der Waals surface area contributed by atoms with Gasteiger partial charge in [-0.15, -0.1) is 0 Å². The highest BCUT2D eigenvalue weighted by Gasteiger charge is 2.18. The molecule has 0 radical (unpaired) electrons. The number of rotatable bonds is 5. The summed E-state index contributed by atoms with van der Waals surface area (Å²) < 4.78 is 20.3. The minimum absolute atomic E-state index is 0.0429. The lowest BCUT2D eigenvalue weighted by Gasteiger charge is -2.16. The number of benzene rings is 2.